The zero-order valence-corrected chi connectivity index (χ0v) is 16.8. The van der Waals surface area contributed by atoms with Crippen LogP contribution in [0, 0.1) is 0 Å². The van der Waals surface area contributed by atoms with Gasteiger partial charge in [0.15, 0.2) is 0 Å². The molecule has 0 saturated carbocycles. The summed E-state index contributed by atoms with van der Waals surface area (Å²) in [5, 5.41) is 20.8. The van der Waals surface area contributed by atoms with Crippen molar-refractivity contribution in [2.75, 3.05) is 13.2 Å². The Balaban J connectivity index is 1.76. The van der Waals surface area contributed by atoms with Crippen LogP contribution in [0.1, 0.15) is 17.5 Å². The number of hydrogen-bond donors (Lipinski definition) is 3. The summed E-state index contributed by atoms with van der Waals surface area (Å²) in [4.78, 5) is 36.9. The molecule has 0 radical (unpaired) electrons. The maximum absolute atomic E-state index is 12.3. The van der Waals surface area contributed by atoms with Gasteiger partial charge in [-0.15, -0.1) is 0 Å². The van der Waals surface area contributed by atoms with E-state index in [0.717, 1.165) is 10.5 Å². The Morgan fingerprint density at radius 3 is 2.35 bits per heavy atom. The second kappa shape index (κ2) is 10.7. The lowest BCUT2D eigenvalue weighted by molar-refractivity contribution is -0.155. The molecule has 0 aromatic heterocycles. The Kier molecular flexibility index (Phi) is 7.71. The van der Waals surface area contributed by atoms with E-state index in [2.05, 4.69) is 5.32 Å². The Morgan fingerprint density at radius 2 is 1.68 bits per heavy atom. The topological polar surface area (TPSA) is 125 Å². The molecule has 3 N–H and O–H groups in total. The van der Waals surface area contributed by atoms with E-state index in [4.69, 9.17) is 9.47 Å². The quantitative estimate of drug-likeness (QED) is 0.482. The van der Waals surface area contributed by atoms with Gasteiger partial charge in [0.1, 0.15) is 31.1 Å². The molecular weight excluding hydrogens is 404 g/mol. The highest BCUT2D eigenvalue weighted by molar-refractivity contribution is 6.14. The zero-order chi connectivity index (χ0) is 22.2. The predicted octanol–water partition coefficient (Wildman–Crippen LogP) is 0.972. The van der Waals surface area contributed by atoms with E-state index in [9.17, 15) is 24.6 Å². The highest BCUT2D eigenvalue weighted by Crippen LogP contribution is 2.20. The molecular formula is C22H24N2O7. The fourth-order valence-electron chi connectivity index (χ4n) is 3.12. The van der Waals surface area contributed by atoms with E-state index in [1.54, 1.807) is 24.3 Å². The number of nitrogens with zero attached hydrogens (tertiary/aromatic N) is 1. The Labute approximate surface area is 179 Å². The summed E-state index contributed by atoms with van der Waals surface area (Å²) in [5.41, 5.74) is 1.70. The molecule has 2 aromatic rings. The van der Waals surface area contributed by atoms with Crippen molar-refractivity contribution in [2.24, 2.45) is 0 Å². The molecule has 2 aromatic carbocycles. The monoisotopic (exact) mass is 428 g/mol. The number of hydrogen-bond acceptors (Lipinski definition) is 7. The van der Waals surface area contributed by atoms with Crippen molar-refractivity contribution in [1.82, 2.24) is 10.2 Å². The van der Waals surface area contributed by atoms with Gasteiger partial charge in [-0.2, -0.15) is 0 Å². The number of urea groups is 1. The molecule has 3 rings (SSSR count). The van der Waals surface area contributed by atoms with Crippen LogP contribution in [0.3, 0.4) is 0 Å². The Hall–Kier alpha value is -3.27. The predicted molar refractivity (Wildman–Crippen MR) is 109 cm³/mol. The Bertz CT molecular complexity index is 895. The number of benzene rings is 2. The van der Waals surface area contributed by atoms with Crippen LogP contribution < -0.4 is 10.1 Å². The third kappa shape index (κ3) is 6.11. The number of imide groups is 2. The van der Waals surface area contributed by atoms with E-state index in [1.165, 1.54) is 0 Å². The van der Waals surface area contributed by atoms with Gasteiger partial charge in [0.2, 0.25) is 11.8 Å². The molecule has 9 heteroatoms. The SMILES string of the molecule is O=C1CC(=O)N(C(Cc2cccc(OCc3ccccc3)c2)OC(CO)CO)C(=O)N1. The maximum Gasteiger partial charge on any atom is 0.332 e. The first kappa shape index (κ1) is 22.4. The lowest BCUT2D eigenvalue weighted by atomic mass is 10.1. The van der Waals surface area contributed by atoms with E-state index in [0.29, 0.717) is 17.9 Å². The van der Waals surface area contributed by atoms with Gasteiger partial charge in [-0.3, -0.25) is 14.9 Å². The molecule has 164 valence electrons. The third-order valence-corrected chi connectivity index (χ3v) is 4.65. The van der Waals surface area contributed by atoms with Gasteiger partial charge < -0.3 is 19.7 Å². The van der Waals surface area contributed by atoms with Gasteiger partial charge >= 0.3 is 6.03 Å². The van der Waals surface area contributed by atoms with Gasteiger partial charge in [0.25, 0.3) is 0 Å². The summed E-state index contributed by atoms with van der Waals surface area (Å²) in [6.45, 7) is -0.637. The van der Waals surface area contributed by atoms with Crippen LogP contribution in [0.4, 0.5) is 4.79 Å². The van der Waals surface area contributed by atoms with Crippen molar-refractivity contribution >= 4 is 17.8 Å². The van der Waals surface area contributed by atoms with Crippen LogP contribution in [0.5, 0.6) is 5.75 Å². The molecule has 9 nitrogen and oxygen atoms in total. The first-order valence-corrected chi connectivity index (χ1v) is 9.79. The minimum atomic E-state index is -1.13. The average molecular weight is 428 g/mol. The average Bonchev–Trinajstić information content (AvgIpc) is 2.76. The smallest absolute Gasteiger partial charge is 0.332 e. The first-order valence-electron chi connectivity index (χ1n) is 9.79. The molecule has 4 amide bonds. The van der Waals surface area contributed by atoms with Gasteiger partial charge in [0, 0.05) is 6.42 Å². The van der Waals surface area contributed by atoms with E-state index in [-0.39, 0.29) is 6.42 Å². The Morgan fingerprint density at radius 1 is 0.968 bits per heavy atom. The maximum atomic E-state index is 12.3. The molecule has 1 aliphatic rings. The first-order chi connectivity index (χ1) is 15.0. The van der Waals surface area contributed by atoms with Crippen molar-refractivity contribution in [3.63, 3.8) is 0 Å². The van der Waals surface area contributed by atoms with Crippen LogP contribution in [0.15, 0.2) is 54.6 Å². The van der Waals surface area contributed by atoms with Crippen molar-refractivity contribution in [3.8, 4) is 5.75 Å². The number of aliphatic hydroxyl groups is 2. The molecule has 0 spiro atoms. The summed E-state index contributed by atoms with van der Waals surface area (Å²) < 4.78 is 11.4. The molecule has 1 unspecified atom stereocenters. The molecule has 1 fully saturated rings. The van der Waals surface area contributed by atoms with Crippen LogP contribution in [-0.2, 0) is 27.4 Å². The van der Waals surface area contributed by atoms with Crippen LogP contribution >= 0.6 is 0 Å². The van der Waals surface area contributed by atoms with Gasteiger partial charge in [-0.1, -0.05) is 42.5 Å². The number of carbonyl (C=O) groups is 3. The van der Waals surface area contributed by atoms with Crippen molar-refractivity contribution < 1.29 is 34.1 Å². The van der Waals surface area contributed by atoms with Gasteiger partial charge in [-0.25, -0.2) is 9.69 Å². The number of rotatable bonds is 10. The van der Waals surface area contributed by atoms with Gasteiger partial charge in [0.05, 0.1) is 13.2 Å². The number of amides is 4. The van der Waals surface area contributed by atoms with E-state index < -0.39 is 49.8 Å². The normalized spacial score (nSPS) is 15.2. The molecule has 31 heavy (non-hydrogen) atoms. The minimum absolute atomic E-state index is 0.0758. The number of nitrogens with one attached hydrogen (secondary N) is 1. The second-order valence-corrected chi connectivity index (χ2v) is 7.00. The standard InChI is InChI=1S/C22H24N2O7/c25-12-18(13-26)31-21(24-20(28)11-19(27)23-22(24)29)10-16-7-4-8-17(9-16)30-14-15-5-2-1-3-6-15/h1-9,18,21,25-26H,10-14H2,(H,23,27,29). The summed E-state index contributed by atoms with van der Waals surface area (Å²) in [5.74, 6) is -0.822. The largest absolute Gasteiger partial charge is 0.489 e. The molecule has 1 saturated heterocycles. The molecule has 0 aliphatic carbocycles. The number of carbonyl (C=O) groups excluding carboxylic acids is 3. The third-order valence-electron chi connectivity index (χ3n) is 4.65. The molecule has 1 aliphatic heterocycles. The van der Waals surface area contributed by atoms with Crippen molar-refractivity contribution in [3.05, 3.63) is 65.7 Å². The highest BCUT2D eigenvalue weighted by Gasteiger charge is 2.37. The van der Waals surface area contributed by atoms with E-state index in [1.807, 2.05) is 30.3 Å². The fourth-order valence-corrected chi connectivity index (χ4v) is 3.12. The van der Waals surface area contributed by atoms with Gasteiger partial charge in [-0.05, 0) is 23.3 Å². The lowest BCUT2D eigenvalue weighted by Gasteiger charge is -2.34. The van der Waals surface area contributed by atoms with Crippen LogP contribution in [0.2, 0.25) is 0 Å². The van der Waals surface area contributed by atoms with E-state index >= 15 is 0 Å². The summed E-state index contributed by atoms with van der Waals surface area (Å²) in [6.07, 6.45) is -2.55. The summed E-state index contributed by atoms with van der Waals surface area (Å²) >= 11 is 0. The molecule has 0 bridgehead atoms. The lowest BCUT2D eigenvalue weighted by Crippen LogP contribution is -2.58. The summed E-state index contributed by atoms with van der Waals surface area (Å²) in [6, 6.07) is 15.8. The van der Waals surface area contributed by atoms with Crippen LogP contribution in [-0.4, -0.2) is 58.5 Å². The number of aliphatic hydroxyl groups excluding tert-OH is 2. The summed E-state index contributed by atoms with van der Waals surface area (Å²) in [7, 11) is 0. The van der Waals surface area contributed by atoms with Crippen LogP contribution in [0.25, 0.3) is 0 Å². The number of ether oxygens (including phenoxy) is 2. The zero-order valence-electron chi connectivity index (χ0n) is 16.8. The highest BCUT2D eigenvalue weighted by atomic mass is 16.5. The molecule has 1 heterocycles. The number of barbiturate groups is 1. The minimum Gasteiger partial charge on any atom is -0.489 e. The van der Waals surface area contributed by atoms with Crippen molar-refractivity contribution in [2.45, 2.75) is 31.8 Å². The fraction of sp³-hybridized carbons (Fsp3) is 0.318. The van der Waals surface area contributed by atoms with Crippen molar-refractivity contribution in [1.29, 1.82) is 0 Å². The molecule has 1 atom stereocenters. The second-order valence-electron chi connectivity index (χ2n) is 7.00.